The summed E-state index contributed by atoms with van der Waals surface area (Å²) in [6, 6.07) is 17.0. The van der Waals surface area contributed by atoms with Gasteiger partial charge in [0.05, 0.1) is 15.4 Å². The number of carbonyl (C=O) groups excluding carboxylic acids is 2. The fraction of sp³-hybridized carbons (Fsp3) is 0.231. The minimum absolute atomic E-state index is 0.0647. The summed E-state index contributed by atoms with van der Waals surface area (Å²) >= 11 is 5.83. The number of amides is 1. The molecule has 2 N–H and O–H groups in total. The van der Waals surface area contributed by atoms with Gasteiger partial charge < -0.3 is 10.1 Å². The monoisotopic (exact) mass is 591 g/mol. The molecule has 1 saturated heterocycles. The molecule has 1 fully saturated rings. The van der Waals surface area contributed by atoms with E-state index in [4.69, 9.17) is 16.3 Å². The highest BCUT2D eigenvalue weighted by molar-refractivity contribution is 7.92. The van der Waals surface area contributed by atoms with E-state index in [1.165, 1.54) is 78.0 Å². The van der Waals surface area contributed by atoms with Crippen LogP contribution in [0.4, 0.5) is 11.4 Å². The summed E-state index contributed by atoms with van der Waals surface area (Å²) in [6.07, 6.45) is 0.423. The van der Waals surface area contributed by atoms with E-state index in [0.29, 0.717) is 29.5 Å². The van der Waals surface area contributed by atoms with Gasteiger partial charge in [0.15, 0.2) is 6.10 Å². The van der Waals surface area contributed by atoms with Gasteiger partial charge in [0.25, 0.3) is 15.9 Å². The van der Waals surface area contributed by atoms with Gasteiger partial charge in [-0.1, -0.05) is 17.7 Å². The maximum Gasteiger partial charge on any atom is 0.338 e. The van der Waals surface area contributed by atoms with Crippen molar-refractivity contribution in [1.29, 1.82) is 0 Å². The van der Waals surface area contributed by atoms with E-state index in [2.05, 4.69) is 10.0 Å². The van der Waals surface area contributed by atoms with Crippen molar-refractivity contribution < 1.29 is 31.2 Å². The second kappa shape index (κ2) is 11.7. The molecule has 0 unspecified atom stereocenters. The van der Waals surface area contributed by atoms with Crippen LogP contribution < -0.4 is 10.0 Å². The number of hydrogen-bond acceptors (Lipinski definition) is 7. The molecule has 1 aliphatic heterocycles. The lowest BCUT2D eigenvalue weighted by Gasteiger charge is -2.16. The topological polar surface area (TPSA) is 139 Å². The normalized spacial score (nSPS) is 14.9. The number of rotatable bonds is 9. The quantitative estimate of drug-likeness (QED) is 0.357. The SMILES string of the molecule is C[C@@H](OC(=O)c1cccc(S(=O)(=O)Nc2ccc(Cl)cc2)c1)C(=O)Nc1ccc(S(=O)(=O)N2CCCC2)cc1. The lowest BCUT2D eigenvalue weighted by Crippen LogP contribution is -2.30. The lowest BCUT2D eigenvalue weighted by atomic mass is 10.2. The van der Waals surface area contributed by atoms with Crippen LogP contribution in [0.5, 0.6) is 0 Å². The lowest BCUT2D eigenvalue weighted by molar-refractivity contribution is -0.123. The Balaban J connectivity index is 1.37. The number of halogens is 1. The standard InChI is InChI=1S/C26H26ClN3O7S2/c1-18(25(31)28-21-11-13-23(14-12-21)39(35,36)30-15-2-3-16-30)37-26(32)19-5-4-6-24(17-19)38(33,34)29-22-9-7-20(27)8-10-22/h4-14,17-18,29H,2-3,15-16H2,1H3,(H,28,31)/t18-/m1/s1. The first-order chi connectivity index (χ1) is 18.5. The van der Waals surface area contributed by atoms with Gasteiger partial charge in [-0.05, 0) is 86.5 Å². The van der Waals surface area contributed by atoms with Crippen molar-refractivity contribution in [3.8, 4) is 0 Å². The Morgan fingerprint density at radius 3 is 2.13 bits per heavy atom. The zero-order chi connectivity index (χ0) is 28.2. The Kier molecular flexibility index (Phi) is 8.60. The van der Waals surface area contributed by atoms with Crippen LogP contribution in [-0.4, -0.2) is 52.2 Å². The molecule has 10 nitrogen and oxygen atoms in total. The third-order valence-corrected chi connectivity index (χ3v) is 9.50. The van der Waals surface area contributed by atoms with E-state index < -0.39 is 38.0 Å². The second-order valence-electron chi connectivity index (χ2n) is 8.81. The third kappa shape index (κ3) is 6.95. The summed E-state index contributed by atoms with van der Waals surface area (Å²) < 4.78 is 59.9. The van der Waals surface area contributed by atoms with Gasteiger partial charge in [-0.3, -0.25) is 9.52 Å². The van der Waals surface area contributed by atoms with E-state index in [1.807, 2.05) is 0 Å². The van der Waals surface area contributed by atoms with Crippen molar-refractivity contribution in [2.75, 3.05) is 23.1 Å². The Hall–Kier alpha value is -3.45. The first-order valence-corrected chi connectivity index (χ1v) is 15.3. The molecule has 1 atom stereocenters. The average Bonchev–Trinajstić information content (AvgIpc) is 3.46. The highest BCUT2D eigenvalue weighted by Gasteiger charge is 2.27. The maximum atomic E-state index is 12.8. The highest BCUT2D eigenvalue weighted by Crippen LogP contribution is 2.23. The van der Waals surface area contributed by atoms with Gasteiger partial charge in [0, 0.05) is 29.5 Å². The number of anilines is 2. The maximum absolute atomic E-state index is 12.8. The van der Waals surface area contributed by atoms with E-state index in [0.717, 1.165) is 18.9 Å². The van der Waals surface area contributed by atoms with Crippen molar-refractivity contribution >= 4 is 54.9 Å². The first-order valence-electron chi connectivity index (χ1n) is 12.0. The van der Waals surface area contributed by atoms with Crippen molar-refractivity contribution in [2.24, 2.45) is 0 Å². The zero-order valence-electron chi connectivity index (χ0n) is 20.8. The van der Waals surface area contributed by atoms with Crippen molar-refractivity contribution in [3.05, 3.63) is 83.4 Å². The molecule has 0 bridgehead atoms. The van der Waals surface area contributed by atoms with Gasteiger partial charge in [0.1, 0.15) is 0 Å². The molecule has 3 aromatic rings. The Bertz CT molecular complexity index is 1570. The Labute approximate surface area is 232 Å². The number of sulfonamides is 2. The van der Waals surface area contributed by atoms with Crippen LogP contribution in [0.15, 0.2) is 82.6 Å². The molecule has 39 heavy (non-hydrogen) atoms. The Morgan fingerprint density at radius 2 is 1.49 bits per heavy atom. The van der Waals surface area contributed by atoms with Crippen LogP contribution in [0.1, 0.15) is 30.1 Å². The molecule has 4 rings (SSSR count). The van der Waals surface area contributed by atoms with Gasteiger partial charge >= 0.3 is 5.97 Å². The summed E-state index contributed by atoms with van der Waals surface area (Å²) in [5, 5.41) is 3.02. The number of carbonyl (C=O) groups is 2. The fourth-order valence-corrected chi connectivity index (χ4v) is 6.58. The van der Waals surface area contributed by atoms with Crippen molar-refractivity contribution in [2.45, 2.75) is 35.7 Å². The summed E-state index contributed by atoms with van der Waals surface area (Å²) in [4.78, 5) is 25.2. The van der Waals surface area contributed by atoms with E-state index >= 15 is 0 Å². The van der Waals surface area contributed by atoms with E-state index in [-0.39, 0.29) is 15.4 Å². The van der Waals surface area contributed by atoms with Crippen LogP contribution in [0.3, 0.4) is 0 Å². The molecule has 1 amide bonds. The fourth-order valence-electron chi connectivity index (χ4n) is 3.84. The van der Waals surface area contributed by atoms with Crippen LogP contribution in [-0.2, 0) is 29.6 Å². The summed E-state index contributed by atoms with van der Waals surface area (Å²) in [7, 11) is -7.60. The van der Waals surface area contributed by atoms with Crippen LogP contribution in [0.2, 0.25) is 5.02 Å². The molecule has 0 spiro atoms. The predicted molar refractivity (Wildman–Crippen MR) is 147 cm³/mol. The minimum atomic E-state index is -4.01. The molecule has 1 aliphatic rings. The second-order valence-corrected chi connectivity index (χ2v) is 12.9. The predicted octanol–water partition coefficient (Wildman–Crippen LogP) is 4.11. The van der Waals surface area contributed by atoms with Gasteiger partial charge in [-0.15, -0.1) is 0 Å². The van der Waals surface area contributed by atoms with Crippen molar-refractivity contribution in [3.63, 3.8) is 0 Å². The van der Waals surface area contributed by atoms with E-state index in [9.17, 15) is 26.4 Å². The molecule has 13 heteroatoms. The van der Waals surface area contributed by atoms with E-state index in [1.54, 1.807) is 0 Å². The summed E-state index contributed by atoms with van der Waals surface area (Å²) in [5.74, 6) is -1.54. The number of nitrogens with one attached hydrogen (secondary N) is 2. The number of ether oxygens (including phenoxy) is 1. The molecule has 3 aromatic carbocycles. The van der Waals surface area contributed by atoms with Crippen LogP contribution in [0, 0.1) is 0 Å². The molecule has 206 valence electrons. The van der Waals surface area contributed by atoms with Gasteiger partial charge in [-0.2, -0.15) is 4.31 Å². The third-order valence-electron chi connectivity index (χ3n) is 5.95. The number of hydrogen-bond donors (Lipinski definition) is 2. The number of nitrogens with zero attached hydrogens (tertiary/aromatic N) is 1. The molecule has 1 heterocycles. The van der Waals surface area contributed by atoms with Gasteiger partial charge in [0.2, 0.25) is 10.0 Å². The summed E-state index contributed by atoms with van der Waals surface area (Å²) in [5.41, 5.74) is 0.550. The zero-order valence-corrected chi connectivity index (χ0v) is 23.2. The molecular weight excluding hydrogens is 566 g/mol. The number of esters is 1. The highest BCUT2D eigenvalue weighted by atomic mass is 35.5. The molecule has 0 aromatic heterocycles. The first kappa shape index (κ1) is 28.6. The molecular formula is C26H26ClN3O7S2. The molecule has 0 saturated carbocycles. The number of benzene rings is 3. The van der Waals surface area contributed by atoms with Crippen LogP contribution in [0.25, 0.3) is 0 Å². The van der Waals surface area contributed by atoms with Crippen molar-refractivity contribution in [1.82, 2.24) is 4.31 Å². The van der Waals surface area contributed by atoms with Crippen LogP contribution >= 0.6 is 11.6 Å². The average molecular weight is 592 g/mol. The minimum Gasteiger partial charge on any atom is -0.449 e. The summed E-state index contributed by atoms with van der Waals surface area (Å²) in [6.45, 7) is 2.33. The largest absolute Gasteiger partial charge is 0.449 e. The molecule has 0 aliphatic carbocycles. The smallest absolute Gasteiger partial charge is 0.338 e. The van der Waals surface area contributed by atoms with Gasteiger partial charge in [-0.25, -0.2) is 21.6 Å². The Morgan fingerprint density at radius 1 is 0.872 bits per heavy atom. The molecule has 0 radical (unpaired) electrons.